The van der Waals surface area contributed by atoms with Crippen molar-refractivity contribution in [2.45, 2.75) is 6.92 Å². The highest BCUT2D eigenvalue weighted by Gasteiger charge is 2.19. The second-order valence-electron chi connectivity index (χ2n) is 4.96. The summed E-state index contributed by atoms with van der Waals surface area (Å²) in [6, 6.07) is 3.88. The van der Waals surface area contributed by atoms with Crippen LogP contribution < -0.4 is 4.74 Å². The molecule has 0 bridgehead atoms. The van der Waals surface area contributed by atoms with Gasteiger partial charge in [-0.3, -0.25) is 15.0 Å². The molecule has 8 nitrogen and oxygen atoms in total. The zero-order valence-electron chi connectivity index (χ0n) is 13.0. The van der Waals surface area contributed by atoms with E-state index in [1.54, 1.807) is 6.92 Å². The molecule has 0 spiro atoms. The number of carbonyl (C=O) groups excluding carboxylic acids is 1. The Morgan fingerprint density at radius 3 is 2.78 bits per heavy atom. The summed E-state index contributed by atoms with van der Waals surface area (Å²) in [4.78, 5) is 24.5. The molecule has 0 aromatic heterocycles. The molecule has 2 rings (SSSR count). The standard InChI is InChI=1S/C15H20N2O6/c1-2-22-15(18)13-4-3-12(17(19)20)11-14(13)23-10-7-16-5-8-21-9-6-16/h3-4,11H,2,5-10H2,1H3. The normalized spacial score (nSPS) is 15.2. The summed E-state index contributed by atoms with van der Waals surface area (Å²) in [5.41, 5.74) is 0.0684. The van der Waals surface area contributed by atoms with Gasteiger partial charge in [-0.05, 0) is 13.0 Å². The molecule has 0 atom stereocenters. The summed E-state index contributed by atoms with van der Waals surface area (Å²) in [5, 5.41) is 10.9. The second kappa shape index (κ2) is 8.44. The Morgan fingerprint density at radius 1 is 1.39 bits per heavy atom. The monoisotopic (exact) mass is 324 g/mol. The van der Waals surface area contributed by atoms with Crippen molar-refractivity contribution in [3.05, 3.63) is 33.9 Å². The summed E-state index contributed by atoms with van der Waals surface area (Å²) in [7, 11) is 0. The topological polar surface area (TPSA) is 91.1 Å². The number of nitrogens with zero attached hydrogens (tertiary/aromatic N) is 2. The van der Waals surface area contributed by atoms with E-state index in [9.17, 15) is 14.9 Å². The van der Waals surface area contributed by atoms with E-state index >= 15 is 0 Å². The minimum atomic E-state index is -0.552. The fourth-order valence-corrected chi connectivity index (χ4v) is 2.23. The average Bonchev–Trinajstić information content (AvgIpc) is 2.56. The Bertz CT molecular complexity index is 557. The zero-order valence-corrected chi connectivity index (χ0v) is 13.0. The lowest BCUT2D eigenvalue weighted by atomic mass is 10.2. The number of ether oxygens (including phenoxy) is 3. The van der Waals surface area contributed by atoms with Crippen LogP contribution in [0.25, 0.3) is 0 Å². The van der Waals surface area contributed by atoms with Gasteiger partial charge in [0.25, 0.3) is 5.69 Å². The smallest absolute Gasteiger partial charge is 0.341 e. The van der Waals surface area contributed by atoms with Gasteiger partial charge < -0.3 is 14.2 Å². The lowest BCUT2D eigenvalue weighted by molar-refractivity contribution is -0.384. The van der Waals surface area contributed by atoms with E-state index in [1.807, 2.05) is 0 Å². The first-order chi connectivity index (χ1) is 11.1. The Kier molecular flexibility index (Phi) is 6.30. The number of rotatable bonds is 7. The molecule has 0 saturated carbocycles. The molecule has 1 aromatic rings. The molecule has 1 aliphatic heterocycles. The Hall–Kier alpha value is -2.19. The zero-order chi connectivity index (χ0) is 16.7. The first-order valence-electron chi connectivity index (χ1n) is 7.50. The quantitative estimate of drug-likeness (QED) is 0.426. The van der Waals surface area contributed by atoms with Crippen LogP contribution in [-0.4, -0.2) is 61.9 Å². The molecule has 0 unspecified atom stereocenters. The van der Waals surface area contributed by atoms with Gasteiger partial charge in [-0.25, -0.2) is 4.79 Å². The Balaban J connectivity index is 2.04. The number of carbonyl (C=O) groups is 1. The first-order valence-corrected chi connectivity index (χ1v) is 7.50. The van der Waals surface area contributed by atoms with E-state index in [1.165, 1.54) is 18.2 Å². The molecule has 0 N–H and O–H groups in total. The third-order valence-electron chi connectivity index (χ3n) is 3.44. The van der Waals surface area contributed by atoms with Crippen LogP contribution in [0.5, 0.6) is 5.75 Å². The van der Waals surface area contributed by atoms with Gasteiger partial charge >= 0.3 is 5.97 Å². The van der Waals surface area contributed by atoms with Gasteiger partial charge in [0.05, 0.1) is 30.8 Å². The molecule has 1 saturated heterocycles. The SMILES string of the molecule is CCOC(=O)c1ccc([N+](=O)[O-])cc1OCCN1CCOCC1. The van der Waals surface area contributed by atoms with E-state index in [-0.39, 0.29) is 23.6 Å². The van der Waals surface area contributed by atoms with E-state index in [0.717, 1.165) is 13.1 Å². The number of hydrogen-bond donors (Lipinski definition) is 0. The molecule has 23 heavy (non-hydrogen) atoms. The highest BCUT2D eigenvalue weighted by atomic mass is 16.6. The molecule has 126 valence electrons. The van der Waals surface area contributed by atoms with E-state index in [2.05, 4.69) is 4.90 Å². The predicted octanol–water partition coefficient (Wildman–Crippen LogP) is 1.48. The molecule has 1 heterocycles. The van der Waals surface area contributed by atoms with Crippen LogP contribution in [0, 0.1) is 10.1 Å². The van der Waals surface area contributed by atoms with Crippen molar-refractivity contribution < 1.29 is 23.9 Å². The molecule has 1 aliphatic rings. The number of nitro groups is 1. The van der Waals surface area contributed by atoms with Crippen LogP contribution in [0.2, 0.25) is 0 Å². The van der Waals surface area contributed by atoms with Crippen molar-refractivity contribution in [3.63, 3.8) is 0 Å². The van der Waals surface area contributed by atoms with Crippen LogP contribution in [0.4, 0.5) is 5.69 Å². The van der Waals surface area contributed by atoms with E-state index < -0.39 is 10.9 Å². The number of hydrogen-bond acceptors (Lipinski definition) is 7. The van der Waals surface area contributed by atoms with Crippen LogP contribution in [0.3, 0.4) is 0 Å². The molecule has 0 radical (unpaired) electrons. The van der Waals surface area contributed by atoms with Crippen molar-refractivity contribution in [3.8, 4) is 5.75 Å². The summed E-state index contributed by atoms with van der Waals surface area (Å²) < 4.78 is 15.8. The Labute approximate surface area is 134 Å². The second-order valence-corrected chi connectivity index (χ2v) is 4.96. The van der Waals surface area contributed by atoms with Crippen molar-refractivity contribution in [1.29, 1.82) is 0 Å². The molecule has 1 aromatic carbocycles. The third-order valence-corrected chi connectivity index (χ3v) is 3.44. The van der Waals surface area contributed by atoms with Gasteiger partial charge in [0.2, 0.25) is 0 Å². The molecule has 1 fully saturated rings. The number of non-ortho nitro benzene ring substituents is 1. The maximum Gasteiger partial charge on any atom is 0.341 e. The molecular weight excluding hydrogens is 304 g/mol. The highest BCUT2D eigenvalue weighted by Crippen LogP contribution is 2.25. The minimum absolute atomic E-state index is 0.126. The predicted molar refractivity (Wildman–Crippen MR) is 81.8 cm³/mol. The fourth-order valence-electron chi connectivity index (χ4n) is 2.23. The van der Waals surface area contributed by atoms with Crippen LogP contribution in [0.15, 0.2) is 18.2 Å². The molecule has 0 amide bonds. The van der Waals surface area contributed by atoms with Crippen LogP contribution in [-0.2, 0) is 9.47 Å². The van der Waals surface area contributed by atoms with Gasteiger partial charge in [0.1, 0.15) is 17.9 Å². The van der Waals surface area contributed by atoms with Gasteiger partial charge in [-0.1, -0.05) is 0 Å². The lowest BCUT2D eigenvalue weighted by Gasteiger charge is -2.26. The van der Waals surface area contributed by atoms with Gasteiger partial charge in [0, 0.05) is 25.7 Å². The molecule has 8 heteroatoms. The summed E-state index contributed by atoms with van der Waals surface area (Å²) in [6.07, 6.45) is 0. The van der Waals surface area contributed by atoms with Crippen LogP contribution >= 0.6 is 0 Å². The number of nitro benzene ring substituents is 1. The number of esters is 1. The summed E-state index contributed by atoms with van der Waals surface area (Å²) in [6.45, 7) is 5.93. The van der Waals surface area contributed by atoms with E-state index in [0.29, 0.717) is 26.4 Å². The van der Waals surface area contributed by atoms with Gasteiger partial charge in [0.15, 0.2) is 0 Å². The van der Waals surface area contributed by atoms with Crippen LogP contribution in [0.1, 0.15) is 17.3 Å². The van der Waals surface area contributed by atoms with Crippen molar-refractivity contribution in [2.75, 3.05) is 46.1 Å². The Morgan fingerprint density at radius 2 is 2.13 bits per heavy atom. The maximum atomic E-state index is 11.9. The van der Waals surface area contributed by atoms with Crippen molar-refractivity contribution in [1.82, 2.24) is 4.90 Å². The van der Waals surface area contributed by atoms with Gasteiger partial charge in [-0.15, -0.1) is 0 Å². The van der Waals surface area contributed by atoms with Gasteiger partial charge in [-0.2, -0.15) is 0 Å². The molecular formula is C15H20N2O6. The summed E-state index contributed by atoms with van der Waals surface area (Å²) in [5.74, 6) is -0.380. The largest absolute Gasteiger partial charge is 0.491 e. The lowest BCUT2D eigenvalue weighted by Crippen LogP contribution is -2.38. The average molecular weight is 324 g/mol. The molecule has 0 aliphatic carbocycles. The number of benzene rings is 1. The van der Waals surface area contributed by atoms with Crippen molar-refractivity contribution in [2.24, 2.45) is 0 Å². The fraction of sp³-hybridized carbons (Fsp3) is 0.533. The maximum absolute atomic E-state index is 11.9. The minimum Gasteiger partial charge on any atom is -0.491 e. The first kappa shape index (κ1) is 17.2. The number of morpholine rings is 1. The highest BCUT2D eigenvalue weighted by molar-refractivity contribution is 5.92. The third kappa shape index (κ3) is 4.90. The summed E-state index contributed by atoms with van der Waals surface area (Å²) >= 11 is 0. The van der Waals surface area contributed by atoms with E-state index in [4.69, 9.17) is 14.2 Å². The van der Waals surface area contributed by atoms with Crippen molar-refractivity contribution >= 4 is 11.7 Å².